The molecule has 0 N–H and O–H groups in total. The molecule has 1 atom stereocenters. The number of likely N-dealkylation sites (N-methyl/N-ethyl adjacent to an activating group) is 1. The Morgan fingerprint density at radius 1 is 1.83 bits per heavy atom. The van der Waals surface area contributed by atoms with Crippen LogP contribution in [0.25, 0.3) is 0 Å². The Bertz CT molecular complexity index is 272. The van der Waals surface area contributed by atoms with E-state index in [2.05, 4.69) is 22.4 Å². The molecule has 1 amide bonds. The second-order valence-electron chi connectivity index (χ2n) is 2.04. The van der Waals surface area contributed by atoms with E-state index in [4.69, 9.17) is 12.2 Å². The third kappa shape index (κ3) is 1.72. The molecule has 3 nitrogen and oxygen atoms in total. The van der Waals surface area contributed by atoms with Gasteiger partial charge in [-0.15, -0.1) is 0 Å². The summed E-state index contributed by atoms with van der Waals surface area (Å²) in [7, 11) is 0. The number of thioether (sulfide) groups is 1. The molecule has 1 saturated heterocycles. The molecule has 6 heteroatoms. The van der Waals surface area contributed by atoms with Crippen LogP contribution in [0.4, 0.5) is 0 Å². The van der Waals surface area contributed by atoms with Gasteiger partial charge in [0.05, 0.1) is 5.16 Å². The summed E-state index contributed by atoms with van der Waals surface area (Å²) in [5.74, 6) is -0.0927. The number of rotatable bonds is 2. The Labute approximate surface area is 85.2 Å². The van der Waals surface area contributed by atoms with Crippen molar-refractivity contribution in [3.8, 4) is 0 Å². The van der Waals surface area contributed by atoms with E-state index in [0.29, 0.717) is 10.9 Å². The van der Waals surface area contributed by atoms with Crippen molar-refractivity contribution in [2.45, 2.75) is 12.3 Å². The Kier molecular flexibility index (Phi) is 3.34. The van der Waals surface area contributed by atoms with Crippen molar-refractivity contribution in [2.75, 3.05) is 6.54 Å². The average molecular weight is 218 g/mol. The van der Waals surface area contributed by atoms with Gasteiger partial charge in [-0.25, -0.2) is 4.99 Å². The van der Waals surface area contributed by atoms with Gasteiger partial charge in [0, 0.05) is 6.54 Å². The number of hydrogen-bond donors (Lipinski definition) is 0. The maximum Gasteiger partial charge on any atom is 0.264 e. The van der Waals surface area contributed by atoms with Crippen LogP contribution in [0.15, 0.2) is 4.99 Å². The van der Waals surface area contributed by atoms with Gasteiger partial charge in [0.25, 0.3) is 5.91 Å². The van der Waals surface area contributed by atoms with E-state index >= 15 is 0 Å². The smallest absolute Gasteiger partial charge is 0.264 e. The van der Waals surface area contributed by atoms with E-state index in [0.717, 1.165) is 0 Å². The number of nitrogens with zero attached hydrogens (tertiary/aromatic N) is 2. The van der Waals surface area contributed by atoms with Gasteiger partial charge in [-0.05, 0) is 19.1 Å². The van der Waals surface area contributed by atoms with Crippen LogP contribution in [0.3, 0.4) is 0 Å². The number of hydrogen-bond acceptors (Lipinski definition) is 5. The zero-order chi connectivity index (χ0) is 9.14. The standard InChI is InChI=1S/C6H6N2OS3/c1-2-8-5(9)4(7-3-10)12-6(8)11/h4H,2H2,1H3. The maximum absolute atomic E-state index is 11.4. The quantitative estimate of drug-likeness (QED) is 0.516. The summed E-state index contributed by atoms with van der Waals surface area (Å²) in [6, 6.07) is 0. The maximum atomic E-state index is 11.4. The second-order valence-corrected chi connectivity index (χ2v) is 3.94. The van der Waals surface area contributed by atoms with E-state index in [1.165, 1.54) is 16.7 Å². The molecule has 0 spiro atoms. The first-order valence-electron chi connectivity index (χ1n) is 3.29. The molecule has 0 aromatic heterocycles. The highest BCUT2D eigenvalue weighted by molar-refractivity contribution is 8.24. The molecule has 1 heterocycles. The third-order valence-corrected chi connectivity index (χ3v) is 2.96. The topological polar surface area (TPSA) is 32.7 Å². The third-order valence-electron chi connectivity index (χ3n) is 1.40. The van der Waals surface area contributed by atoms with Crippen LogP contribution in [0, 0.1) is 0 Å². The molecule has 1 aliphatic rings. The predicted molar refractivity (Wildman–Crippen MR) is 56.4 cm³/mol. The van der Waals surface area contributed by atoms with Crippen molar-refractivity contribution in [1.82, 2.24) is 4.90 Å². The zero-order valence-corrected chi connectivity index (χ0v) is 8.76. The van der Waals surface area contributed by atoms with Crippen molar-refractivity contribution < 1.29 is 4.79 Å². The first-order valence-corrected chi connectivity index (χ1v) is 4.99. The first kappa shape index (κ1) is 9.80. The van der Waals surface area contributed by atoms with Crippen LogP contribution in [-0.2, 0) is 4.79 Å². The minimum absolute atomic E-state index is 0.0927. The average Bonchev–Trinajstić information content (AvgIpc) is 2.29. The van der Waals surface area contributed by atoms with Crippen molar-refractivity contribution in [1.29, 1.82) is 0 Å². The molecule has 0 radical (unpaired) electrons. The Hall–Kier alpha value is -0.290. The Morgan fingerprint density at radius 2 is 2.50 bits per heavy atom. The Morgan fingerprint density at radius 3 is 2.92 bits per heavy atom. The summed E-state index contributed by atoms with van der Waals surface area (Å²) in [5, 5.41) is 1.69. The fourth-order valence-corrected chi connectivity index (χ4v) is 2.38. The molecular formula is C6H6N2OS3. The summed E-state index contributed by atoms with van der Waals surface area (Å²) >= 11 is 10.6. The molecule has 64 valence electrons. The van der Waals surface area contributed by atoms with Crippen molar-refractivity contribution >= 4 is 51.6 Å². The molecule has 1 unspecified atom stereocenters. The van der Waals surface area contributed by atoms with Crippen molar-refractivity contribution in [2.24, 2.45) is 4.99 Å². The number of isothiocyanates is 1. The molecule has 1 aliphatic heterocycles. The lowest BCUT2D eigenvalue weighted by atomic mass is 10.5. The fourth-order valence-electron chi connectivity index (χ4n) is 0.847. The highest BCUT2D eigenvalue weighted by atomic mass is 32.2. The van der Waals surface area contributed by atoms with Crippen LogP contribution in [-0.4, -0.2) is 32.2 Å². The number of amides is 1. The summed E-state index contributed by atoms with van der Waals surface area (Å²) in [4.78, 5) is 16.6. The number of aliphatic imine (C=N–C) groups is 1. The molecule has 1 fully saturated rings. The summed E-state index contributed by atoms with van der Waals surface area (Å²) in [6.45, 7) is 2.46. The molecule has 0 bridgehead atoms. The second kappa shape index (κ2) is 4.09. The first-order chi connectivity index (χ1) is 5.70. The van der Waals surface area contributed by atoms with Gasteiger partial charge in [-0.3, -0.25) is 9.69 Å². The fraction of sp³-hybridized carbons (Fsp3) is 0.500. The van der Waals surface area contributed by atoms with Crippen LogP contribution >= 0.6 is 36.2 Å². The summed E-state index contributed by atoms with van der Waals surface area (Å²) < 4.78 is 0.571. The zero-order valence-electron chi connectivity index (χ0n) is 6.31. The lowest BCUT2D eigenvalue weighted by Gasteiger charge is -2.09. The minimum Gasteiger partial charge on any atom is -0.295 e. The van der Waals surface area contributed by atoms with Gasteiger partial charge >= 0.3 is 0 Å². The molecule has 0 aliphatic carbocycles. The van der Waals surface area contributed by atoms with E-state index in [1.54, 1.807) is 0 Å². The molecule has 1 rings (SSSR count). The van der Waals surface area contributed by atoms with E-state index in [-0.39, 0.29) is 5.91 Å². The lowest BCUT2D eigenvalue weighted by molar-refractivity contribution is -0.125. The highest BCUT2D eigenvalue weighted by Gasteiger charge is 2.35. The van der Waals surface area contributed by atoms with Gasteiger partial charge < -0.3 is 0 Å². The van der Waals surface area contributed by atoms with E-state index in [9.17, 15) is 4.79 Å². The molecular weight excluding hydrogens is 212 g/mol. The van der Waals surface area contributed by atoms with E-state index < -0.39 is 5.37 Å². The molecule has 12 heavy (non-hydrogen) atoms. The van der Waals surface area contributed by atoms with Gasteiger partial charge in [0.15, 0.2) is 5.37 Å². The SMILES string of the molecule is CCN1C(=O)C(N=C=S)SC1=S. The minimum atomic E-state index is -0.491. The number of thiocarbonyl (C=S) groups is 2. The van der Waals surface area contributed by atoms with Gasteiger partial charge in [-0.2, -0.15) is 0 Å². The monoisotopic (exact) mass is 218 g/mol. The summed E-state index contributed by atoms with van der Waals surface area (Å²) in [6.07, 6.45) is 0. The normalized spacial score (nSPS) is 22.8. The predicted octanol–water partition coefficient (Wildman–Crippen LogP) is 1.30. The van der Waals surface area contributed by atoms with Crippen LogP contribution in [0.5, 0.6) is 0 Å². The highest BCUT2D eigenvalue weighted by Crippen LogP contribution is 2.27. The van der Waals surface area contributed by atoms with Crippen molar-refractivity contribution in [3.05, 3.63) is 0 Å². The Balaban J connectivity index is 2.82. The lowest BCUT2D eigenvalue weighted by Crippen LogP contribution is -2.30. The van der Waals surface area contributed by atoms with Crippen LogP contribution in [0.1, 0.15) is 6.92 Å². The van der Waals surface area contributed by atoms with Gasteiger partial charge in [0.2, 0.25) is 0 Å². The number of carbonyl (C=O) groups is 1. The largest absolute Gasteiger partial charge is 0.295 e. The summed E-state index contributed by atoms with van der Waals surface area (Å²) in [5.41, 5.74) is 0. The van der Waals surface area contributed by atoms with Crippen LogP contribution in [0.2, 0.25) is 0 Å². The van der Waals surface area contributed by atoms with E-state index in [1.807, 2.05) is 6.92 Å². The molecule has 0 saturated carbocycles. The van der Waals surface area contributed by atoms with Crippen molar-refractivity contribution in [3.63, 3.8) is 0 Å². The number of carbonyl (C=O) groups excluding carboxylic acids is 1. The van der Waals surface area contributed by atoms with Gasteiger partial charge in [0.1, 0.15) is 4.32 Å². The van der Waals surface area contributed by atoms with Crippen LogP contribution < -0.4 is 0 Å². The van der Waals surface area contributed by atoms with Gasteiger partial charge in [-0.1, -0.05) is 24.0 Å². The molecule has 0 aromatic carbocycles. The molecule has 0 aromatic rings.